The number of aliphatic hydroxyl groups is 1. The Morgan fingerprint density at radius 2 is 2.16 bits per heavy atom. The minimum Gasteiger partial charge on any atom is -0.490 e. The molecular weight excluding hydrogens is 318 g/mol. The number of ether oxygens (including phenoxy) is 2. The molecular formula is C20H29NO4. The fourth-order valence-electron chi connectivity index (χ4n) is 3.27. The van der Waals surface area contributed by atoms with Crippen LogP contribution in [0.25, 0.3) is 0 Å². The van der Waals surface area contributed by atoms with Crippen LogP contribution < -0.4 is 9.47 Å². The first-order valence-electron chi connectivity index (χ1n) is 8.99. The topological polar surface area (TPSA) is 59.0 Å². The lowest BCUT2D eigenvalue weighted by Gasteiger charge is -2.41. The average Bonchev–Trinajstić information content (AvgIpc) is 2.66. The van der Waals surface area contributed by atoms with Crippen LogP contribution >= 0.6 is 0 Å². The van der Waals surface area contributed by atoms with E-state index in [-0.39, 0.29) is 17.9 Å². The molecule has 5 nitrogen and oxygen atoms in total. The normalized spacial score (nSPS) is 20.2. The number of rotatable bonds is 8. The number of benzene rings is 1. The minimum absolute atomic E-state index is 0.0257. The Labute approximate surface area is 150 Å². The molecule has 2 rings (SSSR count). The number of piperidine rings is 1. The molecule has 0 saturated carbocycles. The fraction of sp³-hybridized carbons (Fsp3) is 0.550. The van der Waals surface area contributed by atoms with Gasteiger partial charge in [0.25, 0.3) is 5.91 Å². The van der Waals surface area contributed by atoms with Crippen molar-refractivity contribution in [3.05, 3.63) is 36.4 Å². The maximum atomic E-state index is 12.9. The molecule has 0 bridgehead atoms. The first-order chi connectivity index (χ1) is 12.1. The summed E-state index contributed by atoms with van der Waals surface area (Å²) in [5.41, 5.74) is 0.406. The number of aliphatic hydroxyl groups excluding tert-OH is 1. The molecule has 0 aromatic heterocycles. The molecule has 5 heteroatoms. The van der Waals surface area contributed by atoms with Gasteiger partial charge >= 0.3 is 0 Å². The predicted molar refractivity (Wildman–Crippen MR) is 98.3 cm³/mol. The van der Waals surface area contributed by atoms with Crippen molar-refractivity contribution in [2.75, 3.05) is 32.9 Å². The molecule has 0 radical (unpaired) electrons. The maximum Gasteiger partial charge on any atom is 0.254 e. The van der Waals surface area contributed by atoms with Gasteiger partial charge < -0.3 is 19.5 Å². The smallest absolute Gasteiger partial charge is 0.254 e. The molecule has 1 heterocycles. The summed E-state index contributed by atoms with van der Waals surface area (Å²) in [7, 11) is 0. The predicted octanol–water partition coefficient (Wildman–Crippen LogP) is 3.27. The van der Waals surface area contributed by atoms with Crippen molar-refractivity contribution in [1.82, 2.24) is 4.90 Å². The van der Waals surface area contributed by atoms with E-state index in [1.54, 1.807) is 24.3 Å². The molecule has 1 amide bonds. The lowest BCUT2D eigenvalue weighted by molar-refractivity contribution is 0.0251. The highest BCUT2D eigenvalue weighted by Crippen LogP contribution is 2.34. The van der Waals surface area contributed by atoms with E-state index in [9.17, 15) is 9.90 Å². The molecule has 1 aliphatic rings. The third-order valence-corrected chi connectivity index (χ3v) is 4.88. The van der Waals surface area contributed by atoms with Crippen LogP contribution in [0, 0.1) is 5.41 Å². The molecule has 1 unspecified atom stereocenters. The number of carbonyl (C=O) groups excluding carboxylic acids is 1. The van der Waals surface area contributed by atoms with Crippen molar-refractivity contribution < 1.29 is 19.4 Å². The van der Waals surface area contributed by atoms with Crippen LogP contribution in [0.5, 0.6) is 11.5 Å². The van der Waals surface area contributed by atoms with Gasteiger partial charge in [0.05, 0.1) is 13.2 Å². The van der Waals surface area contributed by atoms with Crippen molar-refractivity contribution in [2.45, 2.75) is 33.1 Å². The summed E-state index contributed by atoms with van der Waals surface area (Å²) < 4.78 is 11.2. The second-order valence-corrected chi connectivity index (χ2v) is 6.54. The highest BCUT2D eigenvalue weighted by molar-refractivity contribution is 5.95. The summed E-state index contributed by atoms with van der Waals surface area (Å²) in [5, 5.41) is 9.76. The summed E-state index contributed by atoms with van der Waals surface area (Å²) in [6.45, 7) is 9.92. The van der Waals surface area contributed by atoms with Gasteiger partial charge in [0, 0.05) is 24.1 Å². The second kappa shape index (κ2) is 8.90. The molecule has 1 N–H and O–H groups in total. The van der Waals surface area contributed by atoms with Crippen LogP contribution in [-0.2, 0) is 0 Å². The monoisotopic (exact) mass is 347 g/mol. The van der Waals surface area contributed by atoms with Gasteiger partial charge in [-0.05, 0) is 44.4 Å². The van der Waals surface area contributed by atoms with E-state index in [2.05, 4.69) is 13.5 Å². The van der Waals surface area contributed by atoms with Crippen LogP contribution in [0.15, 0.2) is 30.9 Å². The van der Waals surface area contributed by atoms with E-state index in [4.69, 9.17) is 9.47 Å². The number of amides is 1. The number of hydrogen-bond acceptors (Lipinski definition) is 4. The average molecular weight is 347 g/mol. The van der Waals surface area contributed by atoms with Gasteiger partial charge in [0.1, 0.15) is 6.61 Å². The first-order valence-corrected chi connectivity index (χ1v) is 8.99. The summed E-state index contributed by atoms with van der Waals surface area (Å²) in [4.78, 5) is 14.8. The molecule has 0 aliphatic carbocycles. The van der Waals surface area contributed by atoms with Crippen LogP contribution in [0.3, 0.4) is 0 Å². The SMILES string of the molecule is C=CCOc1ccc(C(=O)N2CCCC(CC)(CO)C2)cc1OCC. The Balaban J connectivity index is 2.20. The van der Waals surface area contributed by atoms with E-state index in [1.807, 2.05) is 11.8 Å². The third-order valence-electron chi connectivity index (χ3n) is 4.88. The lowest BCUT2D eigenvalue weighted by Crippen LogP contribution is -2.47. The molecule has 1 atom stereocenters. The molecule has 1 fully saturated rings. The van der Waals surface area contributed by atoms with E-state index in [0.29, 0.717) is 36.8 Å². The third kappa shape index (κ3) is 4.54. The first kappa shape index (κ1) is 19.3. The van der Waals surface area contributed by atoms with Crippen molar-refractivity contribution in [3.63, 3.8) is 0 Å². The molecule has 1 saturated heterocycles. The Bertz CT molecular complexity index is 595. The molecule has 138 valence electrons. The Hall–Kier alpha value is -2.01. The van der Waals surface area contributed by atoms with E-state index < -0.39 is 0 Å². The lowest BCUT2D eigenvalue weighted by atomic mass is 9.78. The molecule has 1 aliphatic heterocycles. The van der Waals surface area contributed by atoms with Crippen LogP contribution in [0.1, 0.15) is 43.5 Å². The van der Waals surface area contributed by atoms with Crippen molar-refractivity contribution in [2.24, 2.45) is 5.41 Å². The van der Waals surface area contributed by atoms with E-state index >= 15 is 0 Å². The van der Waals surface area contributed by atoms with Gasteiger partial charge in [-0.25, -0.2) is 0 Å². The molecule has 1 aromatic carbocycles. The standard InChI is InChI=1S/C20H29NO4/c1-4-12-25-17-9-8-16(13-18(17)24-6-3)19(23)21-11-7-10-20(5-2,14-21)15-22/h4,8-9,13,22H,1,5-7,10-12,14-15H2,2-3H3. The number of likely N-dealkylation sites (tertiary alicyclic amines) is 1. The number of hydrogen-bond donors (Lipinski definition) is 1. The van der Waals surface area contributed by atoms with Gasteiger partial charge in [0.2, 0.25) is 0 Å². The van der Waals surface area contributed by atoms with Gasteiger partial charge in [-0.1, -0.05) is 19.6 Å². The number of carbonyl (C=O) groups is 1. The second-order valence-electron chi connectivity index (χ2n) is 6.54. The molecule has 0 spiro atoms. The van der Waals surface area contributed by atoms with Gasteiger partial charge in [0.15, 0.2) is 11.5 Å². The number of nitrogens with zero attached hydrogens (tertiary/aromatic N) is 1. The molecule has 25 heavy (non-hydrogen) atoms. The quantitative estimate of drug-likeness (QED) is 0.733. The Morgan fingerprint density at radius 3 is 2.80 bits per heavy atom. The van der Waals surface area contributed by atoms with Gasteiger partial charge in [-0.2, -0.15) is 0 Å². The molecule has 1 aromatic rings. The Kier molecular flexibility index (Phi) is 6.88. The largest absolute Gasteiger partial charge is 0.490 e. The van der Waals surface area contributed by atoms with E-state index in [0.717, 1.165) is 25.8 Å². The van der Waals surface area contributed by atoms with Gasteiger partial charge in [-0.3, -0.25) is 4.79 Å². The summed E-state index contributed by atoms with van der Waals surface area (Å²) in [6.07, 6.45) is 4.41. The minimum atomic E-state index is -0.177. The van der Waals surface area contributed by atoms with Crippen molar-refractivity contribution >= 4 is 5.91 Å². The Morgan fingerprint density at radius 1 is 1.36 bits per heavy atom. The maximum absolute atomic E-state index is 12.9. The highest BCUT2D eigenvalue weighted by Gasteiger charge is 2.35. The van der Waals surface area contributed by atoms with Crippen molar-refractivity contribution in [1.29, 1.82) is 0 Å². The summed E-state index contributed by atoms with van der Waals surface area (Å²) in [6, 6.07) is 5.28. The van der Waals surface area contributed by atoms with Crippen LogP contribution in [0.2, 0.25) is 0 Å². The zero-order valence-corrected chi connectivity index (χ0v) is 15.3. The van der Waals surface area contributed by atoms with Crippen molar-refractivity contribution in [3.8, 4) is 11.5 Å². The fourth-order valence-corrected chi connectivity index (χ4v) is 3.27. The summed E-state index contributed by atoms with van der Waals surface area (Å²) >= 11 is 0. The highest BCUT2D eigenvalue weighted by atomic mass is 16.5. The summed E-state index contributed by atoms with van der Waals surface area (Å²) in [5.74, 6) is 1.15. The van der Waals surface area contributed by atoms with Crippen LogP contribution in [0.4, 0.5) is 0 Å². The van der Waals surface area contributed by atoms with Crippen LogP contribution in [-0.4, -0.2) is 48.8 Å². The zero-order chi connectivity index (χ0) is 18.3. The zero-order valence-electron chi connectivity index (χ0n) is 15.3. The van der Waals surface area contributed by atoms with E-state index in [1.165, 1.54) is 0 Å². The van der Waals surface area contributed by atoms with Gasteiger partial charge in [-0.15, -0.1) is 0 Å².